The molecule has 104 valence electrons. The Morgan fingerprint density at radius 1 is 1.10 bits per heavy atom. The van der Waals surface area contributed by atoms with Gasteiger partial charge in [0.25, 0.3) is 5.91 Å². The number of rotatable bonds is 2. The first kappa shape index (κ1) is 14.5. The van der Waals surface area contributed by atoms with Crippen LogP contribution in [0.5, 0.6) is 0 Å². The molecular formula is C15H16ClN3O. The van der Waals surface area contributed by atoms with E-state index in [1.165, 1.54) is 18.0 Å². The van der Waals surface area contributed by atoms with Crippen molar-refractivity contribution < 1.29 is 4.79 Å². The van der Waals surface area contributed by atoms with Crippen LogP contribution in [-0.4, -0.2) is 15.9 Å². The maximum absolute atomic E-state index is 12.0. The average molecular weight is 290 g/mol. The van der Waals surface area contributed by atoms with E-state index in [1.807, 2.05) is 12.1 Å². The fraction of sp³-hybridized carbons (Fsp3) is 0.267. The quantitative estimate of drug-likeness (QED) is 0.917. The molecule has 0 fully saturated rings. The van der Waals surface area contributed by atoms with Gasteiger partial charge in [-0.3, -0.25) is 4.79 Å². The summed E-state index contributed by atoms with van der Waals surface area (Å²) in [4.78, 5) is 19.9. The Morgan fingerprint density at radius 2 is 1.75 bits per heavy atom. The second kappa shape index (κ2) is 5.59. The average Bonchev–Trinajstić information content (AvgIpc) is 2.40. The molecule has 1 aromatic heterocycles. The summed E-state index contributed by atoms with van der Waals surface area (Å²) in [5, 5.41) is 2.96. The third kappa shape index (κ3) is 3.54. The molecule has 0 aliphatic carbocycles. The van der Waals surface area contributed by atoms with E-state index >= 15 is 0 Å². The summed E-state index contributed by atoms with van der Waals surface area (Å²) in [7, 11) is 0. The fourth-order valence-electron chi connectivity index (χ4n) is 1.69. The number of carbonyl (C=O) groups excluding carboxylic acids is 1. The molecule has 1 aromatic carbocycles. The summed E-state index contributed by atoms with van der Waals surface area (Å²) in [6, 6.07) is 7.53. The largest absolute Gasteiger partial charge is 0.305 e. The molecule has 0 radical (unpaired) electrons. The highest BCUT2D eigenvalue weighted by atomic mass is 35.5. The van der Waals surface area contributed by atoms with Crippen LogP contribution in [0.15, 0.2) is 36.7 Å². The van der Waals surface area contributed by atoms with E-state index in [-0.39, 0.29) is 16.5 Å². The van der Waals surface area contributed by atoms with Crippen molar-refractivity contribution in [3.8, 4) is 0 Å². The second-order valence-electron chi connectivity index (χ2n) is 5.51. The van der Waals surface area contributed by atoms with Gasteiger partial charge in [0, 0.05) is 5.56 Å². The Morgan fingerprint density at radius 3 is 2.25 bits per heavy atom. The zero-order valence-electron chi connectivity index (χ0n) is 11.6. The van der Waals surface area contributed by atoms with Gasteiger partial charge in [-0.15, -0.1) is 0 Å². The molecule has 0 unspecified atom stereocenters. The summed E-state index contributed by atoms with van der Waals surface area (Å²) < 4.78 is 0. The summed E-state index contributed by atoms with van der Waals surface area (Å²) in [5.74, 6) is 0.154. The Labute approximate surface area is 123 Å². The number of carbonyl (C=O) groups is 1. The van der Waals surface area contributed by atoms with Crippen LogP contribution < -0.4 is 5.32 Å². The first-order chi connectivity index (χ1) is 9.36. The smallest absolute Gasteiger partial charge is 0.256 e. The SMILES string of the molecule is CC(C)(C)c1ccc(C(=O)Nc2cnc(Cl)cn2)cc1. The molecule has 2 rings (SSSR count). The predicted molar refractivity (Wildman–Crippen MR) is 80.1 cm³/mol. The zero-order valence-corrected chi connectivity index (χ0v) is 12.4. The molecule has 4 nitrogen and oxygen atoms in total. The van der Waals surface area contributed by atoms with Crippen LogP contribution in [0.4, 0.5) is 5.82 Å². The number of hydrogen-bond donors (Lipinski definition) is 1. The molecular weight excluding hydrogens is 274 g/mol. The Kier molecular flexibility index (Phi) is 4.04. The number of hydrogen-bond acceptors (Lipinski definition) is 3. The molecule has 0 atom stereocenters. The Bertz CT molecular complexity index is 601. The topological polar surface area (TPSA) is 54.9 Å². The minimum Gasteiger partial charge on any atom is -0.305 e. The van der Waals surface area contributed by atoms with E-state index < -0.39 is 0 Å². The fourth-order valence-corrected chi connectivity index (χ4v) is 1.78. The number of benzene rings is 1. The van der Waals surface area contributed by atoms with E-state index in [2.05, 4.69) is 36.1 Å². The second-order valence-corrected chi connectivity index (χ2v) is 5.89. The van der Waals surface area contributed by atoms with Gasteiger partial charge in [-0.2, -0.15) is 0 Å². The minimum atomic E-state index is -0.220. The first-order valence-corrected chi connectivity index (χ1v) is 6.63. The van der Waals surface area contributed by atoms with Gasteiger partial charge in [0.1, 0.15) is 5.15 Å². The van der Waals surface area contributed by atoms with Crippen molar-refractivity contribution in [2.45, 2.75) is 26.2 Å². The van der Waals surface area contributed by atoms with Crippen molar-refractivity contribution in [2.24, 2.45) is 0 Å². The van der Waals surface area contributed by atoms with Crippen molar-refractivity contribution in [1.29, 1.82) is 0 Å². The molecule has 5 heteroatoms. The molecule has 0 spiro atoms. The van der Waals surface area contributed by atoms with Crippen molar-refractivity contribution in [3.05, 3.63) is 52.9 Å². The normalized spacial score (nSPS) is 11.2. The molecule has 0 bridgehead atoms. The first-order valence-electron chi connectivity index (χ1n) is 6.26. The monoisotopic (exact) mass is 289 g/mol. The lowest BCUT2D eigenvalue weighted by Gasteiger charge is -2.19. The van der Waals surface area contributed by atoms with Crippen molar-refractivity contribution in [2.75, 3.05) is 5.32 Å². The molecule has 20 heavy (non-hydrogen) atoms. The highest BCUT2D eigenvalue weighted by Crippen LogP contribution is 2.22. The minimum absolute atomic E-state index is 0.0661. The van der Waals surface area contributed by atoms with Gasteiger partial charge in [0.15, 0.2) is 5.82 Å². The molecule has 0 aliphatic rings. The summed E-state index contributed by atoms with van der Waals surface area (Å²) in [5.41, 5.74) is 1.83. The number of anilines is 1. The van der Waals surface area contributed by atoms with Crippen LogP contribution in [-0.2, 0) is 5.41 Å². The van der Waals surface area contributed by atoms with Gasteiger partial charge in [-0.1, -0.05) is 44.5 Å². The van der Waals surface area contributed by atoms with Gasteiger partial charge in [-0.05, 0) is 23.1 Å². The molecule has 1 N–H and O–H groups in total. The van der Waals surface area contributed by atoms with Gasteiger partial charge in [0.2, 0.25) is 0 Å². The highest BCUT2D eigenvalue weighted by Gasteiger charge is 2.14. The van der Waals surface area contributed by atoms with Crippen molar-refractivity contribution in [3.63, 3.8) is 0 Å². The third-order valence-electron chi connectivity index (χ3n) is 2.88. The summed E-state index contributed by atoms with van der Waals surface area (Å²) in [6.45, 7) is 6.39. The van der Waals surface area contributed by atoms with E-state index in [0.717, 1.165) is 0 Å². The highest BCUT2D eigenvalue weighted by molar-refractivity contribution is 6.29. The standard InChI is InChI=1S/C15H16ClN3O/c1-15(2,3)11-6-4-10(5-7-11)14(20)19-13-9-17-12(16)8-18-13/h4-9H,1-3H3,(H,18,19,20). The van der Waals surface area contributed by atoms with Gasteiger partial charge in [0.05, 0.1) is 12.4 Å². The van der Waals surface area contributed by atoms with E-state index in [4.69, 9.17) is 11.6 Å². The van der Waals surface area contributed by atoms with Gasteiger partial charge in [-0.25, -0.2) is 9.97 Å². The van der Waals surface area contributed by atoms with Crippen LogP contribution in [0.25, 0.3) is 0 Å². The molecule has 0 saturated heterocycles. The molecule has 1 heterocycles. The Balaban J connectivity index is 2.11. The van der Waals surface area contributed by atoms with Crippen LogP contribution in [0.1, 0.15) is 36.7 Å². The lowest BCUT2D eigenvalue weighted by atomic mass is 9.87. The van der Waals surface area contributed by atoms with Crippen molar-refractivity contribution >= 4 is 23.3 Å². The summed E-state index contributed by atoms with van der Waals surface area (Å²) in [6.07, 6.45) is 2.81. The maximum Gasteiger partial charge on any atom is 0.256 e. The summed E-state index contributed by atoms with van der Waals surface area (Å²) >= 11 is 5.64. The van der Waals surface area contributed by atoms with E-state index in [0.29, 0.717) is 11.4 Å². The van der Waals surface area contributed by atoms with Crippen LogP contribution >= 0.6 is 11.6 Å². The lowest BCUT2D eigenvalue weighted by Crippen LogP contribution is -2.15. The number of nitrogens with zero attached hydrogens (tertiary/aromatic N) is 2. The van der Waals surface area contributed by atoms with Gasteiger partial charge >= 0.3 is 0 Å². The van der Waals surface area contributed by atoms with E-state index in [9.17, 15) is 4.79 Å². The number of nitrogens with one attached hydrogen (secondary N) is 1. The third-order valence-corrected chi connectivity index (χ3v) is 3.07. The maximum atomic E-state index is 12.0. The van der Waals surface area contributed by atoms with E-state index in [1.54, 1.807) is 12.1 Å². The predicted octanol–water partition coefficient (Wildman–Crippen LogP) is 3.68. The molecule has 0 saturated carbocycles. The van der Waals surface area contributed by atoms with Crippen LogP contribution in [0.3, 0.4) is 0 Å². The van der Waals surface area contributed by atoms with Crippen LogP contribution in [0, 0.1) is 0 Å². The van der Waals surface area contributed by atoms with Gasteiger partial charge < -0.3 is 5.32 Å². The zero-order chi connectivity index (χ0) is 14.8. The number of amides is 1. The molecule has 2 aromatic rings. The number of halogens is 1. The molecule has 0 aliphatic heterocycles. The number of aromatic nitrogens is 2. The molecule has 1 amide bonds. The lowest BCUT2D eigenvalue weighted by molar-refractivity contribution is 0.102. The Hall–Kier alpha value is -1.94. The van der Waals surface area contributed by atoms with Crippen LogP contribution in [0.2, 0.25) is 5.15 Å². The van der Waals surface area contributed by atoms with Crippen molar-refractivity contribution in [1.82, 2.24) is 9.97 Å².